The molecule has 2 N–H and O–H groups in total. The van der Waals surface area contributed by atoms with Gasteiger partial charge in [0.1, 0.15) is 17.4 Å². The van der Waals surface area contributed by atoms with E-state index < -0.39 is 0 Å². The Balaban J connectivity index is 0.00000363. The first-order valence-corrected chi connectivity index (χ1v) is 11.5. The topological polar surface area (TPSA) is 85.6 Å². The minimum Gasteiger partial charge on any atom is -0.493 e. The summed E-state index contributed by atoms with van der Waals surface area (Å²) in [4.78, 5) is 4.73. The van der Waals surface area contributed by atoms with Gasteiger partial charge in [0.05, 0.1) is 6.61 Å². The molecule has 0 fully saturated rings. The highest BCUT2D eigenvalue weighted by Gasteiger charge is 2.14. The van der Waals surface area contributed by atoms with E-state index in [-0.39, 0.29) is 24.0 Å². The number of rotatable bonds is 11. The Bertz CT molecular complexity index is 827. The summed E-state index contributed by atoms with van der Waals surface area (Å²) >= 11 is 0. The number of benzene rings is 1. The number of hydrogen-bond acceptors (Lipinski definition) is 5. The van der Waals surface area contributed by atoms with E-state index in [1.165, 1.54) is 19.3 Å². The molecule has 0 bridgehead atoms. The van der Waals surface area contributed by atoms with Gasteiger partial charge in [-0.2, -0.15) is 0 Å². The van der Waals surface area contributed by atoms with Crippen LogP contribution in [0.15, 0.2) is 29.3 Å². The first kappa shape index (κ1) is 26.4. The van der Waals surface area contributed by atoms with Crippen molar-refractivity contribution in [3.63, 3.8) is 0 Å². The van der Waals surface area contributed by atoms with E-state index in [2.05, 4.69) is 32.3 Å². The van der Waals surface area contributed by atoms with Crippen molar-refractivity contribution in [1.82, 2.24) is 20.1 Å². The summed E-state index contributed by atoms with van der Waals surface area (Å²) in [5.74, 6) is 3.86. The van der Waals surface area contributed by atoms with Gasteiger partial charge in [0.25, 0.3) is 0 Å². The normalized spacial score (nSPS) is 13.6. The monoisotopic (exact) mass is 556 g/mol. The summed E-state index contributed by atoms with van der Waals surface area (Å²) in [6, 6.07) is 7.95. The number of aliphatic imine (C=N–C) groups is 1. The predicted octanol–water partition coefficient (Wildman–Crippen LogP) is 4.05. The summed E-state index contributed by atoms with van der Waals surface area (Å²) in [7, 11) is 1.70. The summed E-state index contributed by atoms with van der Waals surface area (Å²) in [6.45, 7) is 5.99. The molecule has 1 aromatic heterocycles. The van der Waals surface area contributed by atoms with Gasteiger partial charge in [-0.15, -0.1) is 34.2 Å². The molecule has 0 unspecified atom stereocenters. The maximum atomic E-state index is 5.79. The molecule has 0 aliphatic carbocycles. The van der Waals surface area contributed by atoms with Crippen molar-refractivity contribution in [2.45, 2.75) is 58.4 Å². The highest BCUT2D eigenvalue weighted by Crippen LogP contribution is 2.18. The lowest BCUT2D eigenvalue weighted by Gasteiger charge is -2.13. The number of fused-ring (bicyclic) bond motifs is 1. The van der Waals surface area contributed by atoms with Crippen LogP contribution in [-0.4, -0.2) is 54.1 Å². The second-order valence-electron chi connectivity index (χ2n) is 7.71. The number of halogens is 1. The first-order chi connectivity index (χ1) is 15.3. The molecule has 8 nitrogen and oxygen atoms in total. The number of hydrogen-bond donors (Lipinski definition) is 2. The Kier molecular flexibility index (Phi) is 12.4. The molecule has 0 radical (unpaired) electrons. The zero-order valence-corrected chi connectivity index (χ0v) is 21.6. The second kappa shape index (κ2) is 15.0. The van der Waals surface area contributed by atoms with Crippen molar-refractivity contribution in [3.05, 3.63) is 35.9 Å². The number of nitrogens with one attached hydrogen (secondary N) is 2. The van der Waals surface area contributed by atoms with Crippen LogP contribution < -0.4 is 15.4 Å². The number of aromatic nitrogens is 3. The van der Waals surface area contributed by atoms with Crippen molar-refractivity contribution in [1.29, 1.82) is 0 Å². The number of anilines is 1. The van der Waals surface area contributed by atoms with Crippen LogP contribution >= 0.6 is 24.0 Å². The van der Waals surface area contributed by atoms with E-state index >= 15 is 0 Å². The van der Waals surface area contributed by atoms with Gasteiger partial charge in [-0.25, -0.2) is 0 Å². The molecule has 1 aliphatic rings. The van der Waals surface area contributed by atoms with E-state index in [0.717, 1.165) is 74.4 Å². The number of aryl methyl sites for hydroxylation is 2. The predicted molar refractivity (Wildman–Crippen MR) is 139 cm³/mol. The fourth-order valence-corrected chi connectivity index (χ4v) is 3.66. The highest BCUT2D eigenvalue weighted by atomic mass is 127. The maximum absolute atomic E-state index is 5.79. The van der Waals surface area contributed by atoms with Crippen LogP contribution in [0.5, 0.6) is 5.75 Å². The molecule has 32 heavy (non-hydrogen) atoms. The summed E-state index contributed by atoms with van der Waals surface area (Å²) in [6.07, 6.45) is 7.49. The molecule has 1 aliphatic heterocycles. The number of ether oxygens (including phenoxy) is 2. The third-order valence-electron chi connectivity index (χ3n) is 5.22. The average molecular weight is 556 g/mol. The third-order valence-corrected chi connectivity index (χ3v) is 5.22. The van der Waals surface area contributed by atoms with E-state index in [1.54, 1.807) is 7.11 Å². The number of nitrogens with zero attached hydrogens (tertiary/aromatic N) is 4. The Labute approximate surface area is 208 Å². The van der Waals surface area contributed by atoms with Crippen molar-refractivity contribution in [3.8, 4) is 5.75 Å². The van der Waals surface area contributed by atoms with Crippen LogP contribution in [0.2, 0.25) is 0 Å². The van der Waals surface area contributed by atoms with Crippen LogP contribution in [0.3, 0.4) is 0 Å². The fraction of sp³-hybridized carbons (Fsp3) is 0.609. The van der Waals surface area contributed by atoms with Crippen LogP contribution in [-0.2, 0) is 24.1 Å². The molecule has 2 heterocycles. The van der Waals surface area contributed by atoms with E-state index in [4.69, 9.17) is 14.5 Å². The molecule has 0 amide bonds. The Hall–Kier alpha value is -1.88. The van der Waals surface area contributed by atoms with E-state index in [1.807, 2.05) is 24.3 Å². The van der Waals surface area contributed by atoms with Gasteiger partial charge in [-0.1, -0.05) is 12.5 Å². The molecule has 0 atom stereocenters. The zero-order valence-electron chi connectivity index (χ0n) is 19.3. The van der Waals surface area contributed by atoms with Crippen LogP contribution in [0.4, 0.5) is 5.69 Å². The van der Waals surface area contributed by atoms with Crippen molar-refractivity contribution in [2.24, 2.45) is 4.99 Å². The average Bonchev–Trinajstić information content (AvgIpc) is 3.00. The lowest BCUT2D eigenvalue weighted by Crippen LogP contribution is -2.30. The molecule has 3 rings (SSSR count). The van der Waals surface area contributed by atoms with Gasteiger partial charge in [-0.3, -0.25) is 4.99 Å². The Morgan fingerprint density at radius 2 is 2.06 bits per heavy atom. The second-order valence-corrected chi connectivity index (χ2v) is 7.71. The SMILES string of the molecule is CCNC(=NCCCc1nnc2n1CCCCC2)Nc1cccc(OCCCOC)c1.I. The van der Waals surface area contributed by atoms with E-state index in [9.17, 15) is 0 Å². The molecule has 0 saturated heterocycles. The molecule has 9 heteroatoms. The minimum atomic E-state index is 0. The quantitative estimate of drug-likeness (QED) is 0.188. The van der Waals surface area contributed by atoms with Gasteiger partial charge in [0.2, 0.25) is 0 Å². The third kappa shape index (κ3) is 8.57. The van der Waals surface area contributed by atoms with Crippen molar-refractivity contribution >= 4 is 35.6 Å². The van der Waals surface area contributed by atoms with Gasteiger partial charge >= 0.3 is 0 Å². The first-order valence-electron chi connectivity index (χ1n) is 11.5. The van der Waals surface area contributed by atoms with Crippen molar-refractivity contribution < 1.29 is 9.47 Å². The molecule has 0 spiro atoms. The summed E-state index contributed by atoms with van der Waals surface area (Å²) in [5, 5.41) is 15.5. The Morgan fingerprint density at radius 1 is 1.16 bits per heavy atom. The van der Waals surface area contributed by atoms with E-state index in [0.29, 0.717) is 13.2 Å². The standard InChI is InChI=1S/C23H36N6O2.HI/c1-3-24-23(26-19-10-7-11-20(18-19)31-17-9-16-30-2)25-14-8-13-22-28-27-21-12-5-4-6-15-29(21)22;/h7,10-11,18H,3-6,8-9,12-17H2,1-2H3,(H2,24,25,26);1H. The van der Waals surface area contributed by atoms with Crippen LogP contribution in [0.1, 0.15) is 50.7 Å². The molecule has 2 aromatic rings. The summed E-state index contributed by atoms with van der Waals surface area (Å²) < 4.78 is 13.2. The van der Waals surface area contributed by atoms with Gasteiger partial charge in [0, 0.05) is 64.4 Å². The number of methoxy groups -OCH3 is 1. The van der Waals surface area contributed by atoms with Crippen LogP contribution in [0, 0.1) is 0 Å². The van der Waals surface area contributed by atoms with Gasteiger partial charge < -0.3 is 24.7 Å². The number of guanidine groups is 1. The lowest BCUT2D eigenvalue weighted by molar-refractivity contribution is 0.172. The molecule has 1 aromatic carbocycles. The van der Waals surface area contributed by atoms with Crippen LogP contribution in [0.25, 0.3) is 0 Å². The zero-order chi connectivity index (χ0) is 21.7. The van der Waals surface area contributed by atoms with Gasteiger partial charge in [-0.05, 0) is 38.3 Å². The largest absolute Gasteiger partial charge is 0.493 e. The maximum Gasteiger partial charge on any atom is 0.195 e. The molecular formula is C23H37IN6O2. The molecule has 178 valence electrons. The van der Waals surface area contributed by atoms with Gasteiger partial charge in [0.15, 0.2) is 5.96 Å². The highest BCUT2D eigenvalue weighted by molar-refractivity contribution is 14.0. The van der Waals surface area contributed by atoms with Crippen molar-refractivity contribution in [2.75, 3.05) is 38.7 Å². The molecule has 0 saturated carbocycles. The minimum absolute atomic E-state index is 0. The molecular weight excluding hydrogens is 519 g/mol. The fourth-order valence-electron chi connectivity index (χ4n) is 3.66. The summed E-state index contributed by atoms with van der Waals surface area (Å²) in [5.41, 5.74) is 0.951. The Morgan fingerprint density at radius 3 is 2.91 bits per heavy atom. The smallest absolute Gasteiger partial charge is 0.195 e. The lowest BCUT2D eigenvalue weighted by atomic mass is 10.2.